The predicted octanol–water partition coefficient (Wildman–Crippen LogP) is 1.54. The van der Waals surface area contributed by atoms with E-state index in [1.165, 1.54) is 6.07 Å². The van der Waals surface area contributed by atoms with Crippen molar-refractivity contribution < 1.29 is 28.2 Å². The van der Waals surface area contributed by atoms with Gasteiger partial charge in [0.1, 0.15) is 29.3 Å². The van der Waals surface area contributed by atoms with E-state index >= 15 is 0 Å². The molecule has 2 heterocycles. The van der Waals surface area contributed by atoms with Crippen LogP contribution in [0.15, 0.2) is 10.5 Å². The molecular weight excluding hydrogens is 243 g/mol. The quantitative estimate of drug-likeness (QED) is 0.833. The number of aryl methyl sites for hydroxylation is 1. The van der Waals surface area contributed by atoms with Crippen LogP contribution in [0.3, 0.4) is 0 Å². The Labute approximate surface area is 103 Å². The molecule has 0 aliphatic carbocycles. The standard InChI is InChI=1S/C12H15FO5/c1-3-16-12(15)7-4-9(18-6(7)2)11-10(14)8(13)5-17-11/h4,8,10-11,14H,3,5H2,1-2H3/t8-,10+,11+/m0/s1. The van der Waals surface area contributed by atoms with E-state index in [0.29, 0.717) is 5.76 Å². The van der Waals surface area contributed by atoms with Crippen LogP contribution < -0.4 is 0 Å². The number of ether oxygens (including phenoxy) is 2. The number of carbonyl (C=O) groups is 1. The molecule has 0 bridgehead atoms. The van der Waals surface area contributed by atoms with Crippen LogP contribution in [0, 0.1) is 6.92 Å². The Morgan fingerprint density at radius 3 is 2.94 bits per heavy atom. The van der Waals surface area contributed by atoms with Crippen LogP contribution in [0.5, 0.6) is 0 Å². The van der Waals surface area contributed by atoms with Crippen LogP contribution >= 0.6 is 0 Å². The Kier molecular flexibility index (Phi) is 3.68. The van der Waals surface area contributed by atoms with Crippen molar-refractivity contribution in [3.05, 3.63) is 23.2 Å². The largest absolute Gasteiger partial charge is 0.463 e. The van der Waals surface area contributed by atoms with Gasteiger partial charge in [-0.05, 0) is 19.9 Å². The van der Waals surface area contributed by atoms with Crippen molar-refractivity contribution in [2.45, 2.75) is 32.2 Å². The van der Waals surface area contributed by atoms with Gasteiger partial charge >= 0.3 is 5.97 Å². The first kappa shape index (κ1) is 13.0. The van der Waals surface area contributed by atoms with Crippen LogP contribution in [0.1, 0.15) is 34.9 Å². The van der Waals surface area contributed by atoms with Gasteiger partial charge < -0.3 is 19.0 Å². The van der Waals surface area contributed by atoms with Crippen LogP contribution in [-0.4, -0.2) is 36.6 Å². The molecule has 1 aromatic heterocycles. The van der Waals surface area contributed by atoms with Gasteiger partial charge in [0.15, 0.2) is 6.17 Å². The van der Waals surface area contributed by atoms with E-state index in [1.807, 2.05) is 0 Å². The first-order chi connectivity index (χ1) is 8.54. The normalized spacial score (nSPS) is 27.4. The lowest BCUT2D eigenvalue weighted by Gasteiger charge is -2.10. The van der Waals surface area contributed by atoms with Gasteiger partial charge in [-0.2, -0.15) is 0 Å². The van der Waals surface area contributed by atoms with Crippen LogP contribution in [0.25, 0.3) is 0 Å². The molecule has 5 nitrogen and oxygen atoms in total. The molecule has 3 atom stereocenters. The fourth-order valence-corrected chi connectivity index (χ4v) is 1.89. The second kappa shape index (κ2) is 5.07. The molecule has 2 rings (SSSR count). The number of furan rings is 1. The molecule has 0 spiro atoms. The highest BCUT2D eigenvalue weighted by Crippen LogP contribution is 2.33. The van der Waals surface area contributed by atoms with Crippen molar-refractivity contribution in [1.82, 2.24) is 0 Å². The number of aliphatic hydroxyl groups is 1. The smallest absolute Gasteiger partial charge is 0.341 e. The summed E-state index contributed by atoms with van der Waals surface area (Å²) in [7, 11) is 0. The highest BCUT2D eigenvalue weighted by atomic mass is 19.1. The molecule has 0 saturated carbocycles. The summed E-state index contributed by atoms with van der Waals surface area (Å²) in [5.41, 5.74) is 0.268. The Morgan fingerprint density at radius 2 is 2.39 bits per heavy atom. The fraction of sp³-hybridized carbons (Fsp3) is 0.583. The number of rotatable bonds is 3. The molecule has 0 aromatic carbocycles. The molecule has 18 heavy (non-hydrogen) atoms. The SMILES string of the molecule is CCOC(=O)c1cc([C@H]2OC[C@H](F)[C@H]2O)oc1C. The van der Waals surface area contributed by atoms with Gasteiger partial charge in [0, 0.05) is 0 Å². The third-order valence-corrected chi connectivity index (χ3v) is 2.83. The molecule has 0 radical (unpaired) electrons. The van der Waals surface area contributed by atoms with Crippen LogP contribution in [0.4, 0.5) is 4.39 Å². The Morgan fingerprint density at radius 1 is 1.67 bits per heavy atom. The van der Waals surface area contributed by atoms with Crippen LogP contribution in [-0.2, 0) is 9.47 Å². The van der Waals surface area contributed by atoms with Gasteiger partial charge in [0.25, 0.3) is 0 Å². The average Bonchev–Trinajstić information content (AvgIpc) is 2.85. The molecule has 1 fully saturated rings. The van der Waals surface area contributed by atoms with E-state index in [0.717, 1.165) is 0 Å². The lowest BCUT2D eigenvalue weighted by molar-refractivity contribution is 0.0215. The van der Waals surface area contributed by atoms with Crippen molar-refractivity contribution in [2.24, 2.45) is 0 Å². The first-order valence-electron chi connectivity index (χ1n) is 5.75. The van der Waals surface area contributed by atoms with Gasteiger partial charge in [0.05, 0.1) is 13.2 Å². The van der Waals surface area contributed by atoms with Crippen molar-refractivity contribution in [1.29, 1.82) is 0 Å². The van der Waals surface area contributed by atoms with E-state index in [1.54, 1.807) is 13.8 Å². The summed E-state index contributed by atoms with van der Waals surface area (Å²) < 4.78 is 28.4. The molecular formula is C12H15FO5. The van der Waals surface area contributed by atoms with E-state index in [4.69, 9.17) is 13.9 Å². The Bertz CT molecular complexity index is 442. The summed E-state index contributed by atoms with van der Waals surface area (Å²) in [6.45, 7) is 3.38. The third-order valence-electron chi connectivity index (χ3n) is 2.83. The van der Waals surface area contributed by atoms with Crippen molar-refractivity contribution in [3.63, 3.8) is 0 Å². The van der Waals surface area contributed by atoms with Gasteiger partial charge in [-0.1, -0.05) is 0 Å². The number of alkyl halides is 1. The van der Waals surface area contributed by atoms with Gasteiger partial charge in [-0.15, -0.1) is 0 Å². The zero-order valence-electron chi connectivity index (χ0n) is 10.2. The molecule has 0 unspecified atom stereocenters. The number of carbonyl (C=O) groups excluding carboxylic acids is 1. The number of hydrogen-bond donors (Lipinski definition) is 1. The predicted molar refractivity (Wildman–Crippen MR) is 59.0 cm³/mol. The molecule has 1 aliphatic heterocycles. The Balaban J connectivity index is 2.21. The minimum atomic E-state index is -1.44. The molecule has 100 valence electrons. The highest BCUT2D eigenvalue weighted by Gasteiger charge is 2.39. The summed E-state index contributed by atoms with van der Waals surface area (Å²) in [6.07, 6.45) is -3.58. The topological polar surface area (TPSA) is 68.9 Å². The fourth-order valence-electron chi connectivity index (χ4n) is 1.89. The molecule has 1 saturated heterocycles. The second-order valence-corrected chi connectivity index (χ2v) is 4.10. The zero-order chi connectivity index (χ0) is 13.3. The number of halogens is 1. The number of aliphatic hydroxyl groups excluding tert-OH is 1. The first-order valence-corrected chi connectivity index (χ1v) is 5.75. The maximum absolute atomic E-state index is 13.1. The maximum atomic E-state index is 13.1. The summed E-state index contributed by atoms with van der Waals surface area (Å²) in [6, 6.07) is 1.43. The number of hydrogen-bond acceptors (Lipinski definition) is 5. The van der Waals surface area contributed by atoms with E-state index in [-0.39, 0.29) is 24.5 Å². The molecule has 1 aliphatic rings. The maximum Gasteiger partial charge on any atom is 0.341 e. The van der Waals surface area contributed by atoms with Crippen molar-refractivity contribution in [2.75, 3.05) is 13.2 Å². The van der Waals surface area contributed by atoms with E-state index in [2.05, 4.69) is 0 Å². The molecule has 1 aromatic rings. The van der Waals surface area contributed by atoms with Crippen molar-refractivity contribution >= 4 is 5.97 Å². The van der Waals surface area contributed by atoms with E-state index < -0.39 is 24.3 Å². The Hall–Kier alpha value is -1.40. The summed E-state index contributed by atoms with van der Waals surface area (Å²) in [4.78, 5) is 11.6. The minimum Gasteiger partial charge on any atom is -0.463 e. The zero-order valence-corrected chi connectivity index (χ0v) is 10.2. The average molecular weight is 258 g/mol. The van der Waals surface area contributed by atoms with Crippen LogP contribution in [0.2, 0.25) is 0 Å². The highest BCUT2D eigenvalue weighted by molar-refractivity contribution is 5.90. The lowest BCUT2D eigenvalue weighted by atomic mass is 10.1. The molecule has 0 amide bonds. The van der Waals surface area contributed by atoms with Gasteiger partial charge in [0.2, 0.25) is 0 Å². The third kappa shape index (κ3) is 2.26. The van der Waals surface area contributed by atoms with Gasteiger partial charge in [-0.25, -0.2) is 9.18 Å². The number of esters is 1. The monoisotopic (exact) mass is 258 g/mol. The summed E-state index contributed by atoms with van der Waals surface area (Å²) in [5.74, 6) is 0.0963. The minimum absolute atomic E-state index is 0.180. The molecule has 6 heteroatoms. The summed E-state index contributed by atoms with van der Waals surface area (Å²) >= 11 is 0. The van der Waals surface area contributed by atoms with Gasteiger partial charge in [-0.3, -0.25) is 0 Å². The van der Waals surface area contributed by atoms with E-state index in [9.17, 15) is 14.3 Å². The van der Waals surface area contributed by atoms with Crippen molar-refractivity contribution in [3.8, 4) is 0 Å². The molecule has 1 N–H and O–H groups in total. The second-order valence-electron chi connectivity index (χ2n) is 4.10. The summed E-state index contributed by atoms with van der Waals surface area (Å²) in [5, 5.41) is 9.58. The lowest BCUT2D eigenvalue weighted by Crippen LogP contribution is -2.21.